The summed E-state index contributed by atoms with van der Waals surface area (Å²) in [4.78, 5) is 9.88. The number of nitro groups is 1. The number of hydrogen-bond donors (Lipinski definition) is 0. The quantitative estimate of drug-likeness (QED) is 0.472. The van der Waals surface area contributed by atoms with Crippen LogP contribution in [-0.4, -0.2) is 24.8 Å². The maximum Gasteiger partial charge on any atom is 0.325 e. The molecule has 0 fully saturated rings. The van der Waals surface area contributed by atoms with Crippen LogP contribution in [0.25, 0.3) is 0 Å². The van der Waals surface area contributed by atoms with Gasteiger partial charge in [0.2, 0.25) is 0 Å². The number of oxime groups is 1. The largest absolute Gasteiger partial charge is 0.325 e. The highest BCUT2D eigenvalue weighted by Crippen LogP contribution is 2.15. The van der Waals surface area contributed by atoms with Gasteiger partial charge in [-0.2, -0.15) is 8.42 Å². The van der Waals surface area contributed by atoms with E-state index < -0.39 is 15.0 Å². The van der Waals surface area contributed by atoms with E-state index in [1.165, 1.54) is 18.2 Å². The summed E-state index contributed by atoms with van der Waals surface area (Å²) in [5.41, 5.74) is -0.000257. The molecule has 0 spiro atoms. The Morgan fingerprint density at radius 3 is 2.71 bits per heavy atom. The Kier molecular flexibility index (Phi) is 4.02. The monoisotopic (exact) mass is 278 g/mol. The van der Waals surface area contributed by atoms with Gasteiger partial charge in [-0.3, -0.25) is 14.4 Å². The average molecular weight is 279 g/mol. The van der Waals surface area contributed by atoms with Crippen molar-refractivity contribution in [3.8, 4) is 0 Å². The van der Waals surface area contributed by atoms with Crippen molar-refractivity contribution in [2.45, 2.75) is 0 Å². The van der Waals surface area contributed by atoms with Crippen LogP contribution in [0.3, 0.4) is 0 Å². The van der Waals surface area contributed by atoms with Crippen molar-refractivity contribution in [3.05, 3.63) is 39.9 Å². The van der Waals surface area contributed by atoms with Crippen molar-refractivity contribution in [1.29, 1.82) is 0 Å². The highest BCUT2D eigenvalue weighted by atomic mass is 35.5. The summed E-state index contributed by atoms with van der Waals surface area (Å²) in [5, 5.41) is 13.3. The first kappa shape index (κ1) is 13.4. The van der Waals surface area contributed by atoms with Crippen LogP contribution in [0, 0.1) is 10.1 Å². The van der Waals surface area contributed by atoms with Gasteiger partial charge in [-0.15, -0.1) is 0 Å². The van der Waals surface area contributed by atoms with Gasteiger partial charge < -0.3 is 0 Å². The first-order valence-electron chi connectivity index (χ1n) is 4.16. The first-order chi connectivity index (χ1) is 7.79. The van der Waals surface area contributed by atoms with Gasteiger partial charge >= 0.3 is 10.1 Å². The molecule has 0 aromatic heterocycles. The number of non-ortho nitro benzene ring substituents is 1. The molecule has 1 aromatic rings. The molecular formula is C8H7ClN2O5S. The Bertz CT molecular complexity index is 569. The highest BCUT2D eigenvalue weighted by Gasteiger charge is 2.10. The molecule has 0 atom stereocenters. The molecule has 17 heavy (non-hydrogen) atoms. The summed E-state index contributed by atoms with van der Waals surface area (Å²) >= 11 is 5.63. The minimum atomic E-state index is -3.76. The number of halogens is 1. The first-order valence-corrected chi connectivity index (χ1v) is 6.36. The molecule has 0 saturated heterocycles. The van der Waals surface area contributed by atoms with Crippen molar-refractivity contribution in [2.75, 3.05) is 6.26 Å². The van der Waals surface area contributed by atoms with E-state index in [2.05, 4.69) is 9.44 Å². The van der Waals surface area contributed by atoms with Crippen LogP contribution < -0.4 is 0 Å². The normalized spacial score (nSPS) is 12.2. The Hall–Kier alpha value is -1.67. The van der Waals surface area contributed by atoms with E-state index in [1.807, 2.05) is 0 Å². The Morgan fingerprint density at radius 2 is 2.18 bits per heavy atom. The molecule has 0 N–H and O–H groups in total. The second-order valence-corrected chi connectivity index (χ2v) is 4.88. The van der Waals surface area contributed by atoms with E-state index in [9.17, 15) is 18.5 Å². The molecule has 92 valence electrons. The van der Waals surface area contributed by atoms with Crippen molar-refractivity contribution in [1.82, 2.24) is 0 Å². The van der Waals surface area contributed by atoms with Crippen LogP contribution in [0.15, 0.2) is 29.4 Å². The number of nitro benzene ring substituents is 1. The lowest BCUT2D eigenvalue weighted by molar-refractivity contribution is -0.384. The van der Waals surface area contributed by atoms with Crippen LogP contribution in [-0.2, 0) is 14.4 Å². The minimum Gasteiger partial charge on any atom is -0.267 e. The topological polar surface area (TPSA) is 98.9 Å². The van der Waals surface area contributed by atoms with Crippen molar-refractivity contribution < 1.29 is 17.6 Å². The zero-order valence-electron chi connectivity index (χ0n) is 8.53. The highest BCUT2D eigenvalue weighted by molar-refractivity contribution is 7.85. The van der Waals surface area contributed by atoms with Crippen LogP contribution in [0.1, 0.15) is 5.56 Å². The zero-order valence-corrected chi connectivity index (χ0v) is 10.1. The summed E-state index contributed by atoms with van der Waals surface area (Å²) in [7, 11) is -3.76. The van der Waals surface area contributed by atoms with Gasteiger partial charge in [0.25, 0.3) is 5.69 Å². The third kappa shape index (κ3) is 4.37. The maximum absolute atomic E-state index is 10.6. The van der Waals surface area contributed by atoms with Gasteiger partial charge in [-0.1, -0.05) is 28.9 Å². The van der Waals surface area contributed by atoms with E-state index in [1.54, 1.807) is 0 Å². The van der Waals surface area contributed by atoms with Crippen molar-refractivity contribution >= 4 is 32.6 Å². The average Bonchev–Trinajstić information content (AvgIpc) is 2.25. The van der Waals surface area contributed by atoms with E-state index in [4.69, 9.17) is 11.6 Å². The van der Waals surface area contributed by atoms with Crippen LogP contribution in [0.2, 0.25) is 0 Å². The third-order valence-electron chi connectivity index (χ3n) is 1.55. The van der Waals surface area contributed by atoms with Gasteiger partial charge in [-0.05, 0) is 0 Å². The predicted molar refractivity (Wildman–Crippen MR) is 61.4 cm³/mol. The van der Waals surface area contributed by atoms with Gasteiger partial charge in [-0.25, -0.2) is 0 Å². The SMILES string of the molecule is CS(=O)(=O)O/N=C(\Cl)c1cccc([N+](=O)[O-])c1. The van der Waals surface area contributed by atoms with Gasteiger partial charge in [0.05, 0.1) is 11.2 Å². The molecule has 0 aliphatic rings. The van der Waals surface area contributed by atoms with Gasteiger partial charge in [0, 0.05) is 17.7 Å². The second-order valence-electron chi connectivity index (χ2n) is 2.97. The van der Waals surface area contributed by atoms with Crippen LogP contribution in [0.5, 0.6) is 0 Å². The molecule has 0 aliphatic heterocycles. The Labute approximate surface area is 102 Å². The summed E-state index contributed by atoms with van der Waals surface area (Å²) in [6.45, 7) is 0. The van der Waals surface area contributed by atoms with E-state index in [-0.39, 0.29) is 16.4 Å². The molecule has 0 amide bonds. The fraction of sp³-hybridized carbons (Fsp3) is 0.125. The molecule has 0 heterocycles. The lowest BCUT2D eigenvalue weighted by atomic mass is 10.2. The molecule has 0 aliphatic carbocycles. The molecule has 7 nitrogen and oxygen atoms in total. The molecular weight excluding hydrogens is 272 g/mol. The molecule has 9 heteroatoms. The molecule has 0 radical (unpaired) electrons. The van der Waals surface area contributed by atoms with Gasteiger partial charge in [0.1, 0.15) is 0 Å². The van der Waals surface area contributed by atoms with Crippen molar-refractivity contribution in [3.63, 3.8) is 0 Å². The zero-order chi connectivity index (χ0) is 13.1. The van der Waals surface area contributed by atoms with Gasteiger partial charge in [0.15, 0.2) is 5.17 Å². The molecule has 0 unspecified atom stereocenters. The van der Waals surface area contributed by atoms with Crippen molar-refractivity contribution in [2.24, 2.45) is 5.16 Å². The standard InChI is InChI=1S/C8H7ClN2O5S/c1-17(14,15)16-10-8(9)6-3-2-4-7(5-6)11(12)13/h2-5H,1H3/b10-8-. The summed E-state index contributed by atoms with van der Waals surface area (Å²) in [5.74, 6) is 0. The fourth-order valence-corrected chi connectivity index (χ4v) is 1.30. The summed E-state index contributed by atoms with van der Waals surface area (Å²) in [6, 6.07) is 5.25. The minimum absolute atomic E-state index is 0.185. The number of hydrogen-bond acceptors (Lipinski definition) is 6. The lowest BCUT2D eigenvalue weighted by Crippen LogP contribution is -2.00. The van der Waals surface area contributed by atoms with Crippen LogP contribution in [0.4, 0.5) is 5.69 Å². The number of benzene rings is 1. The summed E-state index contributed by atoms with van der Waals surface area (Å²) in [6.07, 6.45) is 0.800. The summed E-state index contributed by atoms with van der Waals surface area (Å²) < 4.78 is 25.4. The molecule has 1 aromatic carbocycles. The fourth-order valence-electron chi connectivity index (χ4n) is 0.901. The second kappa shape index (κ2) is 5.11. The lowest BCUT2D eigenvalue weighted by Gasteiger charge is -1.98. The molecule has 1 rings (SSSR count). The van der Waals surface area contributed by atoms with E-state index in [0.717, 1.165) is 12.3 Å². The van der Waals surface area contributed by atoms with E-state index in [0.29, 0.717) is 0 Å². The smallest absolute Gasteiger partial charge is 0.267 e. The predicted octanol–water partition coefficient (Wildman–Crippen LogP) is 1.47. The molecule has 0 bridgehead atoms. The number of nitrogens with zero attached hydrogens (tertiary/aromatic N) is 2. The number of rotatable bonds is 4. The van der Waals surface area contributed by atoms with E-state index >= 15 is 0 Å². The maximum atomic E-state index is 10.6. The molecule has 0 saturated carbocycles. The Balaban J connectivity index is 3.00. The Morgan fingerprint density at radius 1 is 1.53 bits per heavy atom. The third-order valence-corrected chi connectivity index (χ3v) is 2.18. The van der Waals surface area contributed by atoms with Crippen LogP contribution >= 0.6 is 11.6 Å².